The Hall–Kier alpha value is -2.41. The molecule has 1 saturated heterocycles. The quantitative estimate of drug-likeness (QED) is 0.560. The fourth-order valence-electron chi connectivity index (χ4n) is 3.43. The van der Waals surface area contributed by atoms with Crippen LogP contribution in [0.15, 0.2) is 53.0 Å². The van der Waals surface area contributed by atoms with E-state index < -0.39 is 0 Å². The number of nitro groups is 1. The Morgan fingerprint density at radius 2 is 1.81 bits per heavy atom. The van der Waals surface area contributed by atoms with E-state index in [2.05, 4.69) is 21.2 Å². The van der Waals surface area contributed by atoms with E-state index in [1.54, 1.807) is 18.2 Å². The zero-order chi connectivity index (χ0) is 19.4. The number of carbonyl (C=O) groups is 1. The van der Waals surface area contributed by atoms with Gasteiger partial charge in [-0.2, -0.15) is 0 Å². The highest BCUT2D eigenvalue weighted by molar-refractivity contribution is 9.10. The lowest BCUT2D eigenvalue weighted by atomic mass is 9.94. The molecule has 1 atom stereocenters. The standard InChI is InChI=1S/C20H22BrN3O3/c1-14(15-6-8-17(21)9-7-15)22-20(25)16-10-12-23(13-11-16)18-4-2-3-5-19(18)24(26)27/h2-9,14,16H,10-13H2,1H3,(H,22,25). The third-order valence-electron chi connectivity index (χ3n) is 5.01. The lowest BCUT2D eigenvalue weighted by Gasteiger charge is -2.33. The summed E-state index contributed by atoms with van der Waals surface area (Å²) in [7, 11) is 0. The van der Waals surface area contributed by atoms with Gasteiger partial charge in [-0.3, -0.25) is 14.9 Å². The van der Waals surface area contributed by atoms with E-state index in [9.17, 15) is 14.9 Å². The van der Waals surface area contributed by atoms with Gasteiger partial charge in [0.2, 0.25) is 5.91 Å². The number of nitrogens with one attached hydrogen (secondary N) is 1. The lowest BCUT2D eigenvalue weighted by molar-refractivity contribution is -0.384. The number of benzene rings is 2. The topological polar surface area (TPSA) is 75.5 Å². The Morgan fingerprint density at radius 3 is 2.44 bits per heavy atom. The molecule has 1 N–H and O–H groups in total. The van der Waals surface area contributed by atoms with E-state index in [1.165, 1.54) is 6.07 Å². The van der Waals surface area contributed by atoms with Crippen LogP contribution in [0.25, 0.3) is 0 Å². The van der Waals surface area contributed by atoms with Gasteiger partial charge in [-0.1, -0.05) is 40.2 Å². The van der Waals surface area contributed by atoms with Gasteiger partial charge in [-0.15, -0.1) is 0 Å². The summed E-state index contributed by atoms with van der Waals surface area (Å²) in [6.45, 7) is 3.24. The van der Waals surface area contributed by atoms with Gasteiger partial charge < -0.3 is 10.2 Å². The molecule has 1 aliphatic heterocycles. The molecule has 1 unspecified atom stereocenters. The molecule has 0 bridgehead atoms. The number of para-hydroxylation sites is 2. The van der Waals surface area contributed by atoms with Crippen LogP contribution in [0.3, 0.4) is 0 Å². The summed E-state index contributed by atoms with van der Waals surface area (Å²) in [5, 5.41) is 14.3. The number of anilines is 1. The first kappa shape index (κ1) is 19.4. The maximum Gasteiger partial charge on any atom is 0.292 e. The van der Waals surface area contributed by atoms with Crippen LogP contribution < -0.4 is 10.2 Å². The minimum atomic E-state index is -0.353. The summed E-state index contributed by atoms with van der Waals surface area (Å²) in [5.74, 6) is -0.0189. The van der Waals surface area contributed by atoms with Crippen LogP contribution in [0.5, 0.6) is 0 Å². The molecule has 6 nitrogen and oxygen atoms in total. The third-order valence-corrected chi connectivity index (χ3v) is 5.54. The highest BCUT2D eigenvalue weighted by Gasteiger charge is 2.28. The Morgan fingerprint density at radius 1 is 1.19 bits per heavy atom. The molecule has 0 saturated carbocycles. The van der Waals surface area contributed by atoms with Crippen LogP contribution in [-0.4, -0.2) is 23.9 Å². The van der Waals surface area contributed by atoms with Crippen molar-refractivity contribution in [1.29, 1.82) is 0 Å². The second kappa shape index (κ2) is 8.52. The number of carbonyl (C=O) groups excluding carboxylic acids is 1. The first-order valence-corrected chi connectivity index (χ1v) is 9.79. The fourth-order valence-corrected chi connectivity index (χ4v) is 3.70. The summed E-state index contributed by atoms with van der Waals surface area (Å²) in [6.07, 6.45) is 1.37. The van der Waals surface area contributed by atoms with Crippen LogP contribution in [0, 0.1) is 16.0 Å². The number of hydrogen-bond donors (Lipinski definition) is 1. The van der Waals surface area contributed by atoms with E-state index in [4.69, 9.17) is 0 Å². The molecule has 7 heteroatoms. The van der Waals surface area contributed by atoms with Gasteiger partial charge in [0.05, 0.1) is 11.0 Å². The van der Waals surface area contributed by atoms with Crippen LogP contribution >= 0.6 is 15.9 Å². The van der Waals surface area contributed by atoms with Crippen LogP contribution in [0.2, 0.25) is 0 Å². The van der Waals surface area contributed by atoms with E-state index >= 15 is 0 Å². The Bertz CT molecular complexity index is 817. The maximum atomic E-state index is 12.6. The average molecular weight is 432 g/mol. The molecule has 1 amide bonds. The van der Waals surface area contributed by atoms with Crippen molar-refractivity contribution < 1.29 is 9.72 Å². The van der Waals surface area contributed by atoms with Crippen LogP contribution in [-0.2, 0) is 4.79 Å². The molecule has 0 spiro atoms. The lowest BCUT2D eigenvalue weighted by Crippen LogP contribution is -2.41. The first-order chi connectivity index (χ1) is 13.0. The SMILES string of the molecule is CC(NC(=O)C1CCN(c2ccccc2[N+](=O)[O-])CC1)c1ccc(Br)cc1. The predicted octanol–water partition coefficient (Wildman–Crippen LogP) is 4.45. The van der Waals surface area contributed by atoms with Crippen molar-refractivity contribution in [3.05, 3.63) is 68.7 Å². The number of nitro benzene ring substituents is 1. The molecule has 27 heavy (non-hydrogen) atoms. The molecular weight excluding hydrogens is 410 g/mol. The van der Waals surface area contributed by atoms with Gasteiger partial charge >= 0.3 is 0 Å². The average Bonchev–Trinajstić information content (AvgIpc) is 2.68. The highest BCUT2D eigenvalue weighted by atomic mass is 79.9. The molecule has 1 fully saturated rings. The summed E-state index contributed by atoms with van der Waals surface area (Å²) in [4.78, 5) is 25.5. The zero-order valence-electron chi connectivity index (χ0n) is 15.1. The second-order valence-electron chi connectivity index (χ2n) is 6.79. The van der Waals surface area contributed by atoms with Gasteiger partial charge in [-0.25, -0.2) is 0 Å². The molecule has 142 valence electrons. The van der Waals surface area contributed by atoms with Gasteiger partial charge in [0.25, 0.3) is 5.69 Å². The Kier molecular flexibility index (Phi) is 6.11. The third kappa shape index (κ3) is 4.66. The zero-order valence-corrected chi connectivity index (χ0v) is 16.7. The minimum absolute atomic E-state index is 0.0487. The Labute approximate surface area is 166 Å². The minimum Gasteiger partial charge on any atom is -0.366 e. The fraction of sp³-hybridized carbons (Fsp3) is 0.350. The molecule has 0 aromatic heterocycles. The summed E-state index contributed by atoms with van der Waals surface area (Å²) in [5.41, 5.74) is 1.80. The van der Waals surface area contributed by atoms with Crippen LogP contribution in [0.4, 0.5) is 11.4 Å². The van der Waals surface area contributed by atoms with Crippen molar-refractivity contribution in [2.45, 2.75) is 25.8 Å². The van der Waals surface area contributed by atoms with E-state index in [-0.39, 0.29) is 28.5 Å². The molecule has 1 aliphatic rings. The van der Waals surface area contributed by atoms with Gasteiger partial charge in [0.1, 0.15) is 5.69 Å². The van der Waals surface area contributed by atoms with E-state index in [1.807, 2.05) is 36.1 Å². The van der Waals surface area contributed by atoms with Crippen molar-refractivity contribution in [1.82, 2.24) is 5.32 Å². The largest absolute Gasteiger partial charge is 0.366 e. The number of halogens is 1. The number of piperidine rings is 1. The van der Waals surface area contributed by atoms with Gasteiger partial charge in [0.15, 0.2) is 0 Å². The number of amides is 1. The van der Waals surface area contributed by atoms with Gasteiger partial charge in [-0.05, 0) is 43.5 Å². The highest BCUT2D eigenvalue weighted by Crippen LogP contribution is 2.31. The molecular formula is C20H22BrN3O3. The molecule has 3 rings (SSSR count). The maximum absolute atomic E-state index is 12.6. The number of hydrogen-bond acceptors (Lipinski definition) is 4. The van der Waals surface area contributed by atoms with Crippen LogP contribution in [0.1, 0.15) is 31.4 Å². The molecule has 0 aliphatic carbocycles. The number of nitrogens with zero attached hydrogens (tertiary/aromatic N) is 2. The molecule has 2 aromatic carbocycles. The molecule has 2 aromatic rings. The monoisotopic (exact) mass is 431 g/mol. The predicted molar refractivity (Wildman–Crippen MR) is 109 cm³/mol. The van der Waals surface area contributed by atoms with Crippen molar-refractivity contribution in [2.75, 3.05) is 18.0 Å². The smallest absolute Gasteiger partial charge is 0.292 e. The molecule has 1 heterocycles. The van der Waals surface area contributed by atoms with Crippen molar-refractivity contribution in [2.24, 2.45) is 5.92 Å². The van der Waals surface area contributed by atoms with Gasteiger partial charge in [0, 0.05) is 29.5 Å². The van der Waals surface area contributed by atoms with E-state index in [0.29, 0.717) is 31.6 Å². The second-order valence-corrected chi connectivity index (χ2v) is 7.70. The summed E-state index contributed by atoms with van der Waals surface area (Å²) >= 11 is 3.41. The number of rotatable bonds is 5. The van der Waals surface area contributed by atoms with Crippen molar-refractivity contribution in [3.8, 4) is 0 Å². The summed E-state index contributed by atoms with van der Waals surface area (Å²) < 4.78 is 1.01. The summed E-state index contributed by atoms with van der Waals surface area (Å²) in [6, 6.07) is 14.6. The van der Waals surface area contributed by atoms with Crippen molar-refractivity contribution >= 4 is 33.2 Å². The van der Waals surface area contributed by atoms with Crippen molar-refractivity contribution in [3.63, 3.8) is 0 Å². The molecule has 0 radical (unpaired) electrons. The van der Waals surface area contributed by atoms with E-state index in [0.717, 1.165) is 10.0 Å². The normalized spacial score (nSPS) is 16.0. The Balaban J connectivity index is 1.58. The first-order valence-electron chi connectivity index (χ1n) is 9.00.